The van der Waals surface area contributed by atoms with Crippen molar-refractivity contribution >= 4 is 16.9 Å². The Bertz CT molecular complexity index is 257. The van der Waals surface area contributed by atoms with Crippen LogP contribution in [0.5, 0.6) is 0 Å². The molecular formula is C14H26N2S. The van der Waals surface area contributed by atoms with Gasteiger partial charge in [-0.25, -0.2) is 0 Å². The van der Waals surface area contributed by atoms with E-state index in [9.17, 15) is 0 Å². The second-order valence-corrected chi connectivity index (χ2v) is 6.67. The Labute approximate surface area is 110 Å². The third-order valence-electron chi connectivity index (χ3n) is 4.17. The van der Waals surface area contributed by atoms with Crippen LogP contribution in [-0.4, -0.2) is 23.5 Å². The van der Waals surface area contributed by atoms with Gasteiger partial charge in [0.15, 0.2) is 5.17 Å². The van der Waals surface area contributed by atoms with E-state index >= 15 is 0 Å². The first-order chi connectivity index (χ1) is 8.28. The number of thioether (sulfide) groups is 1. The van der Waals surface area contributed by atoms with Gasteiger partial charge in [-0.05, 0) is 24.7 Å². The number of rotatable bonds is 4. The molecule has 0 bridgehead atoms. The van der Waals surface area contributed by atoms with Crippen LogP contribution >= 0.6 is 11.8 Å². The summed E-state index contributed by atoms with van der Waals surface area (Å²) in [5.41, 5.74) is 0. The van der Waals surface area contributed by atoms with Crippen molar-refractivity contribution in [3.8, 4) is 0 Å². The molecule has 98 valence electrons. The molecule has 2 fully saturated rings. The van der Waals surface area contributed by atoms with Gasteiger partial charge in [0.05, 0.1) is 0 Å². The van der Waals surface area contributed by atoms with Gasteiger partial charge in [-0.1, -0.05) is 51.3 Å². The molecule has 1 aliphatic heterocycles. The van der Waals surface area contributed by atoms with Crippen molar-refractivity contribution in [2.45, 2.75) is 58.4 Å². The lowest BCUT2D eigenvalue weighted by Crippen LogP contribution is -2.26. The van der Waals surface area contributed by atoms with Crippen LogP contribution in [0.2, 0.25) is 0 Å². The summed E-state index contributed by atoms with van der Waals surface area (Å²) in [6, 6.07) is 0.661. The first-order valence-corrected chi connectivity index (χ1v) is 8.20. The first-order valence-electron chi connectivity index (χ1n) is 7.21. The third-order valence-corrected chi connectivity index (χ3v) is 5.26. The maximum atomic E-state index is 4.70. The van der Waals surface area contributed by atoms with Crippen LogP contribution in [0.25, 0.3) is 0 Å². The number of nitrogens with zero attached hydrogens (tertiary/aromatic N) is 1. The number of nitrogens with one attached hydrogen (secondary N) is 1. The Kier molecular flexibility index (Phi) is 5.20. The van der Waals surface area contributed by atoms with Crippen LogP contribution in [0.1, 0.15) is 52.4 Å². The van der Waals surface area contributed by atoms with Gasteiger partial charge in [0.25, 0.3) is 0 Å². The minimum Gasteiger partial charge on any atom is -0.361 e. The zero-order valence-electron chi connectivity index (χ0n) is 11.2. The Morgan fingerprint density at radius 1 is 1.29 bits per heavy atom. The molecule has 0 radical (unpaired) electrons. The molecule has 1 heterocycles. The first kappa shape index (κ1) is 13.3. The summed E-state index contributed by atoms with van der Waals surface area (Å²) in [6.45, 7) is 5.66. The second-order valence-electron chi connectivity index (χ2n) is 5.66. The average molecular weight is 254 g/mol. The van der Waals surface area contributed by atoms with Gasteiger partial charge in [0, 0.05) is 18.3 Å². The topological polar surface area (TPSA) is 24.4 Å². The van der Waals surface area contributed by atoms with Crippen molar-refractivity contribution in [3.05, 3.63) is 0 Å². The van der Waals surface area contributed by atoms with Crippen LogP contribution in [0.15, 0.2) is 4.99 Å². The van der Waals surface area contributed by atoms with E-state index in [1.807, 2.05) is 11.8 Å². The average Bonchev–Trinajstić information content (AvgIpc) is 2.80. The second kappa shape index (κ2) is 6.67. The van der Waals surface area contributed by atoms with Crippen molar-refractivity contribution in [2.24, 2.45) is 16.8 Å². The zero-order valence-corrected chi connectivity index (χ0v) is 12.1. The number of hydrogen-bond acceptors (Lipinski definition) is 2. The van der Waals surface area contributed by atoms with Gasteiger partial charge < -0.3 is 5.32 Å². The summed E-state index contributed by atoms with van der Waals surface area (Å²) in [5.74, 6) is 3.12. The number of amidine groups is 1. The van der Waals surface area contributed by atoms with Crippen molar-refractivity contribution in [2.75, 3.05) is 12.3 Å². The summed E-state index contributed by atoms with van der Waals surface area (Å²) in [7, 11) is 0. The quantitative estimate of drug-likeness (QED) is 0.827. The minimum atomic E-state index is 0.661. The van der Waals surface area contributed by atoms with E-state index in [0.717, 1.165) is 18.4 Å². The third kappa shape index (κ3) is 4.20. The van der Waals surface area contributed by atoms with Crippen LogP contribution < -0.4 is 5.32 Å². The highest BCUT2D eigenvalue weighted by Crippen LogP contribution is 2.30. The van der Waals surface area contributed by atoms with Gasteiger partial charge >= 0.3 is 0 Å². The Hall–Kier alpha value is -0.180. The summed E-state index contributed by atoms with van der Waals surface area (Å²) in [4.78, 5) is 4.70. The SMILES string of the molecule is CCC1CSC(=NCCC2CCC(C)CC2)N1. The highest BCUT2D eigenvalue weighted by Gasteiger charge is 2.19. The summed E-state index contributed by atoms with van der Waals surface area (Å²) >= 11 is 1.90. The summed E-state index contributed by atoms with van der Waals surface area (Å²) in [6.07, 6.45) is 8.26. The molecule has 1 N–H and O–H groups in total. The normalized spacial score (nSPS) is 36.1. The van der Waals surface area contributed by atoms with Crippen LogP contribution in [0.4, 0.5) is 0 Å². The lowest BCUT2D eigenvalue weighted by Gasteiger charge is -2.25. The standard InChI is InChI=1S/C14H26N2S/c1-3-13-10-17-14(16-13)15-9-8-12-6-4-11(2)5-7-12/h11-13H,3-10H2,1-2H3,(H,15,16). The smallest absolute Gasteiger partial charge is 0.156 e. The molecule has 0 amide bonds. The van der Waals surface area contributed by atoms with Gasteiger partial charge in [0.2, 0.25) is 0 Å². The molecule has 1 unspecified atom stereocenters. The molecule has 0 aromatic carbocycles. The molecule has 1 saturated heterocycles. The summed E-state index contributed by atoms with van der Waals surface area (Å²) < 4.78 is 0. The van der Waals surface area contributed by atoms with E-state index in [4.69, 9.17) is 4.99 Å². The van der Waals surface area contributed by atoms with Crippen LogP contribution in [0, 0.1) is 11.8 Å². The predicted molar refractivity (Wildman–Crippen MR) is 77.7 cm³/mol. The van der Waals surface area contributed by atoms with Gasteiger partial charge in [0.1, 0.15) is 0 Å². The van der Waals surface area contributed by atoms with E-state index in [-0.39, 0.29) is 0 Å². The molecule has 2 rings (SSSR count). The molecule has 17 heavy (non-hydrogen) atoms. The maximum absolute atomic E-state index is 4.70. The monoisotopic (exact) mass is 254 g/mol. The lowest BCUT2D eigenvalue weighted by atomic mass is 9.81. The Balaban J connectivity index is 1.64. The van der Waals surface area contributed by atoms with Crippen molar-refractivity contribution in [1.29, 1.82) is 0 Å². The molecule has 0 spiro atoms. The molecule has 2 aliphatic rings. The van der Waals surface area contributed by atoms with Crippen molar-refractivity contribution in [3.63, 3.8) is 0 Å². The van der Waals surface area contributed by atoms with E-state index in [1.54, 1.807) is 0 Å². The summed E-state index contributed by atoms with van der Waals surface area (Å²) in [5, 5.41) is 4.69. The molecule has 1 saturated carbocycles. The molecule has 0 aromatic rings. The molecular weight excluding hydrogens is 228 g/mol. The van der Waals surface area contributed by atoms with Crippen LogP contribution in [0.3, 0.4) is 0 Å². The van der Waals surface area contributed by atoms with Crippen LogP contribution in [-0.2, 0) is 0 Å². The van der Waals surface area contributed by atoms with E-state index in [1.165, 1.54) is 49.4 Å². The number of hydrogen-bond donors (Lipinski definition) is 1. The van der Waals surface area contributed by atoms with E-state index in [0.29, 0.717) is 6.04 Å². The highest BCUT2D eigenvalue weighted by molar-refractivity contribution is 8.14. The molecule has 1 atom stereocenters. The maximum Gasteiger partial charge on any atom is 0.156 e. The van der Waals surface area contributed by atoms with Gasteiger partial charge in [-0.15, -0.1) is 0 Å². The van der Waals surface area contributed by atoms with E-state index < -0.39 is 0 Å². The van der Waals surface area contributed by atoms with Crippen molar-refractivity contribution < 1.29 is 0 Å². The van der Waals surface area contributed by atoms with Crippen molar-refractivity contribution in [1.82, 2.24) is 5.32 Å². The fourth-order valence-electron chi connectivity index (χ4n) is 2.72. The predicted octanol–water partition coefficient (Wildman–Crippen LogP) is 3.67. The molecule has 2 nitrogen and oxygen atoms in total. The molecule has 1 aliphatic carbocycles. The largest absolute Gasteiger partial charge is 0.361 e. The fourth-order valence-corrected chi connectivity index (χ4v) is 3.83. The lowest BCUT2D eigenvalue weighted by molar-refractivity contribution is 0.280. The fraction of sp³-hybridized carbons (Fsp3) is 0.929. The zero-order chi connectivity index (χ0) is 12.1. The Morgan fingerprint density at radius 2 is 2.06 bits per heavy atom. The highest BCUT2D eigenvalue weighted by atomic mass is 32.2. The molecule has 0 aromatic heterocycles. The van der Waals surface area contributed by atoms with Gasteiger partial charge in [-0.3, -0.25) is 4.99 Å². The van der Waals surface area contributed by atoms with E-state index in [2.05, 4.69) is 19.2 Å². The molecule has 3 heteroatoms. The minimum absolute atomic E-state index is 0.661. The Morgan fingerprint density at radius 3 is 2.71 bits per heavy atom. The number of aliphatic imine (C=N–C) groups is 1. The van der Waals surface area contributed by atoms with Gasteiger partial charge in [-0.2, -0.15) is 0 Å².